The molecule has 0 aliphatic carbocycles. The second-order valence-corrected chi connectivity index (χ2v) is 5.83. The largest absolute Gasteiger partial charge is 0.369 e. The Morgan fingerprint density at radius 1 is 1.17 bits per heavy atom. The molecular weight excluding hydrogens is 312 g/mol. The Morgan fingerprint density at radius 3 is 2.48 bits per heavy atom. The van der Waals surface area contributed by atoms with Crippen LogP contribution in [0.2, 0.25) is 5.15 Å². The molecule has 0 bridgehead atoms. The summed E-state index contributed by atoms with van der Waals surface area (Å²) in [7, 11) is 2.15. The first-order chi connectivity index (χ1) is 11.2. The molecule has 23 heavy (non-hydrogen) atoms. The van der Waals surface area contributed by atoms with Crippen LogP contribution in [-0.2, 0) is 0 Å². The van der Waals surface area contributed by atoms with E-state index in [2.05, 4.69) is 44.3 Å². The summed E-state index contributed by atoms with van der Waals surface area (Å²) in [6, 6.07) is 10.1. The number of rotatable bonds is 3. The Labute approximate surface area is 140 Å². The van der Waals surface area contributed by atoms with E-state index in [4.69, 9.17) is 16.9 Å². The van der Waals surface area contributed by atoms with E-state index < -0.39 is 0 Å². The van der Waals surface area contributed by atoms with Gasteiger partial charge in [-0.05, 0) is 31.3 Å². The van der Waals surface area contributed by atoms with Crippen LogP contribution in [0.3, 0.4) is 0 Å². The van der Waals surface area contributed by atoms with Crippen LogP contribution in [0.1, 0.15) is 5.56 Å². The third kappa shape index (κ3) is 3.70. The zero-order valence-corrected chi connectivity index (χ0v) is 13.6. The lowest BCUT2D eigenvalue weighted by Crippen LogP contribution is -2.44. The molecule has 0 spiro atoms. The van der Waals surface area contributed by atoms with Gasteiger partial charge in [0.2, 0.25) is 5.95 Å². The number of nitriles is 1. The van der Waals surface area contributed by atoms with Crippen LogP contribution in [0.15, 0.2) is 30.5 Å². The average Bonchev–Trinajstić information content (AvgIpc) is 2.57. The van der Waals surface area contributed by atoms with Gasteiger partial charge in [0.15, 0.2) is 5.15 Å². The van der Waals surface area contributed by atoms with Gasteiger partial charge in [0, 0.05) is 37.6 Å². The maximum absolute atomic E-state index is 8.83. The predicted molar refractivity (Wildman–Crippen MR) is 91.2 cm³/mol. The van der Waals surface area contributed by atoms with E-state index in [1.807, 2.05) is 18.2 Å². The van der Waals surface area contributed by atoms with Crippen LogP contribution in [0.5, 0.6) is 0 Å². The Morgan fingerprint density at radius 2 is 1.87 bits per heavy atom. The summed E-state index contributed by atoms with van der Waals surface area (Å²) in [5.41, 5.74) is 2.36. The minimum atomic E-state index is 0.152. The molecule has 1 aliphatic heterocycles. The van der Waals surface area contributed by atoms with Crippen LogP contribution in [0, 0.1) is 11.3 Å². The smallest absolute Gasteiger partial charge is 0.228 e. The first-order valence-electron chi connectivity index (χ1n) is 7.39. The van der Waals surface area contributed by atoms with E-state index in [0.717, 1.165) is 31.9 Å². The molecule has 6 nitrogen and oxygen atoms in total. The number of likely N-dealkylation sites (N-methyl/N-ethyl adjacent to an activating group) is 1. The van der Waals surface area contributed by atoms with Gasteiger partial charge < -0.3 is 15.1 Å². The number of anilines is 3. The van der Waals surface area contributed by atoms with Crippen LogP contribution in [-0.4, -0.2) is 48.1 Å². The summed E-state index contributed by atoms with van der Waals surface area (Å²) in [4.78, 5) is 12.9. The fourth-order valence-electron chi connectivity index (χ4n) is 2.45. The van der Waals surface area contributed by atoms with Gasteiger partial charge in [-0.2, -0.15) is 10.2 Å². The van der Waals surface area contributed by atoms with Crippen molar-refractivity contribution >= 4 is 28.9 Å². The predicted octanol–water partition coefficient (Wildman–Crippen LogP) is 2.50. The average molecular weight is 329 g/mol. The molecule has 3 rings (SSSR count). The summed E-state index contributed by atoms with van der Waals surface area (Å²) >= 11 is 5.91. The number of nitrogens with one attached hydrogen (secondary N) is 1. The molecule has 1 fully saturated rings. The van der Waals surface area contributed by atoms with Gasteiger partial charge in [-0.1, -0.05) is 11.6 Å². The van der Waals surface area contributed by atoms with E-state index in [1.54, 1.807) is 0 Å². The van der Waals surface area contributed by atoms with Gasteiger partial charge in [0.25, 0.3) is 0 Å². The first kappa shape index (κ1) is 15.5. The van der Waals surface area contributed by atoms with Crippen LogP contribution < -0.4 is 10.2 Å². The fourth-order valence-corrected chi connectivity index (χ4v) is 2.62. The quantitative estimate of drug-likeness (QED) is 0.873. The van der Waals surface area contributed by atoms with E-state index in [-0.39, 0.29) is 10.7 Å². The summed E-state index contributed by atoms with van der Waals surface area (Å²) in [6.07, 6.45) is 1.41. The molecule has 0 amide bonds. The third-order valence-electron chi connectivity index (χ3n) is 3.85. The molecule has 0 unspecified atom stereocenters. The summed E-state index contributed by atoms with van der Waals surface area (Å²) in [6.45, 7) is 4.24. The second-order valence-electron chi connectivity index (χ2n) is 5.47. The SMILES string of the molecule is CN1CCN(c2ccc(Nc3ncc(C#N)c(Cl)n3)cc2)CC1. The molecule has 1 aromatic carbocycles. The second kappa shape index (κ2) is 6.82. The van der Waals surface area contributed by atoms with Gasteiger partial charge >= 0.3 is 0 Å². The maximum Gasteiger partial charge on any atom is 0.228 e. The lowest BCUT2D eigenvalue weighted by molar-refractivity contribution is 0.313. The van der Waals surface area contributed by atoms with Crippen molar-refractivity contribution < 1.29 is 0 Å². The van der Waals surface area contributed by atoms with Gasteiger partial charge in [0.05, 0.1) is 6.20 Å². The maximum atomic E-state index is 8.83. The van der Waals surface area contributed by atoms with Crippen molar-refractivity contribution in [3.63, 3.8) is 0 Å². The van der Waals surface area contributed by atoms with Crippen LogP contribution >= 0.6 is 11.6 Å². The minimum Gasteiger partial charge on any atom is -0.369 e. The molecule has 2 heterocycles. The molecule has 0 saturated carbocycles. The minimum absolute atomic E-state index is 0.152. The molecule has 1 N–H and O–H groups in total. The van der Waals surface area contributed by atoms with Crippen molar-refractivity contribution in [1.29, 1.82) is 5.26 Å². The van der Waals surface area contributed by atoms with E-state index in [0.29, 0.717) is 5.95 Å². The standard InChI is InChI=1S/C16H17ClN6/c1-22-6-8-23(9-7-22)14-4-2-13(3-5-14)20-16-19-11-12(10-18)15(17)21-16/h2-5,11H,6-9H2,1H3,(H,19,20,21). The summed E-state index contributed by atoms with van der Waals surface area (Å²) < 4.78 is 0. The lowest BCUT2D eigenvalue weighted by Gasteiger charge is -2.34. The first-order valence-corrected chi connectivity index (χ1v) is 7.77. The van der Waals surface area contributed by atoms with E-state index in [9.17, 15) is 0 Å². The van der Waals surface area contributed by atoms with Crippen LogP contribution in [0.4, 0.5) is 17.3 Å². The zero-order chi connectivity index (χ0) is 16.2. The van der Waals surface area contributed by atoms with Crippen molar-refractivity contribution in [1.82, 2.24) is 14.9 Å². The lowest BCUT2D eigenvalue weighted by atomic mass is 10.2. The highest BCUT2D eigenvalue weighted by molar-refractivity contribution is 6.30. The third-order valence-corrected chi connectivity index (χ3v) is 4.14. The molecule has 2 aromatic rings. The Bertz CT molecular complexity index is 716. The molecule has 118 valence electrons. The van der Waals surface area contributed by atoms with Crippen LogP contribution in [0.25, 0.3) is 0 Å². The number of nitrogens with zero attached hydrogens (tertiary/aromatic N) is 5. The van der Waals surface area contributed by atoms with E-state index >= 15 is 0 Å². The molecular formula is C16H17ClN6. The van der Waals surface area contributed by atoms with Crippen molar-refractivity contribution in [2.24, 2.45) is 0 Å². The molecule has 0 atom stereocenters. The number of hydrogen-bond donors (Lipinski definition) is 1. The topological polar surface area (TPSA) is 68.1 Å². The molecule has 1 aliphatic rings. The molecule has 1 saturated heterocycles. The zero-order valence-electron chi connectivity index (χ0n) is 12.8. The number of hydrogen-bond acceptors (Lipinski definition) is 6. The Kier molecular flexibility index (Phi) is 4.60. The van der Waals surface area contributed by atoms with Crippen molar-refractivity contribution in [3.8, 4) is 6.07 Å². The Balaban J connectivity index is 1.68. The highest BCUT2D eigenvalue weighted by atomic mass is 35.5. The fraction of sp³-hybridized carbons (Fsp3) is 0.312. The van der Waals surface area contributed by atoms with Crippen molar-refractivity contribution in [2.45, 2.75) is 0 Å². The Hall–Kier alpha value is -2.36. The highest BCUT2D eigenvalue weighted by Gasteiger charge is 2.14. The van der Waals surface area contributed by atoms with Crippen molar-refractivity contribution in [3.05, 3.63) is 41.2 Å². The summed E-state index contributed by atoms with van der Waals surface area (Å²) in [5, 5.41) is 12.1. The number of aromatic nitrogens is 2. The van der Waals surface area contributed by atoms with E-state index in [1.165, 1.54) is 11.9 Å². The monoisotopic (exact) mass is 328 g/mol. The number of piperazine rings is 1. The summed E-state index contributed by atoms with van der Waals surface area (Å²) in [5.74, 6) is 0.376. The molecule has 0 radical (unpaired) electrons. The number of halogens is 1. The molecule has 7 heteroatoms. The van der Waals surface area contributed by atoms with Crippen molar-refractivity contribution in [2.75, 3.05) is 43.4 Å². The van der Waals surface area contributed by atoms with Gasteiger partial charge in [-0.15, -0.1) is 0 Å². The highest BCUT2D eigenvalue weighted by Crippen LogP contribution is 2.21. The van der Waals surface area contributed by atoms with Gasteiger partial charge in [0.1, 0.15) is 11.6 Å². The van der Waals surface area contributed by atoms with Gasteiger partial charge in [-0.3, -0.25) is 0 Å². The van der Waals surface area contributed by atoms with Gasteiger partial charge in [-0.25, -0.2) is 4.98 Å². The number of benzene rings is 1. The molecule has 1 aromatic heterocycles. The normalized spacial score (nSPS) is 15.3.